The normalized spacial score (nSPS) is 12.1. The van der Waals surface area contributed by atoms with Gasteiger partial charge in [-0.15, -0.1) is 13.2 Å². The molecule has 0 amide bonds. The molecular formula is C11H15NO4-2. The Bertz CT molecular complexity index is 265. The van der Waals surface area contributed by atoms with E-state index >= 15 is 0 Å². The van der Waals surface area contributed by atoms with E-state index in [4.69, 9.17) is 0 Å². The molecule has 0 spiro atoms. The molecule has 0 aliphatic carbocycles. The third-order valence-electron chi connectivity index (χ3n) is 2.06. The lowest BCUT2D eigenvalue weighted by Crippen LogP contribution is -2.48. The van der Waals surface area contributed by atoms with Gasteiger partial charge in [0.1, 0.15) is 0 Å². The maximum absolute atomic E-state index is 10.9. The molecule has 0 N–H and O–H groups in total. The van der Waals surface area contributed by atoms with Crippen molar-refractivity contribution in [2.45, 2.75) is 18.9 Å². The van der Waals surface area contributed by atoms with Crippen molar-refractivity contribution in [2.24, 2.45) is 0 Å². The Morgan fingerprint density at radius 1 is 1.19 bits per heavy atom. The van der Waals surface area contributed by atoms with Crippen LogP contribution in [-0.2, 0) is 9.59 Å². The number of rotatable bonds is 9. The SMILES string of the molecule is C=CCN(CC=C)C(CCC(=O)[O-])C(=O)[O-]. The number of hydrogen-bond acceptors (Lipinski definition) is 5. The molecule has 16 heavy (non-hydrogen) atoms. The first-order valence-corrected chi connectivity index (χ1v) is 4.89. The minimum atomic E-state index is -1.30. The minimum absolute atomic E-state index is 0.0493. The molecule has 0 bridgehead atoms. The summed E-state index contributed by atoms with van der Waals surface area (Å²) in [6.07, 6.45) is 2.71. The van der Waals surface area contributed by atoms with Crippen LogP contribution in [0.1, 0.15) is 12.8 Å². The molecule has 0 heterocycles. The van der Waals surface area contributed by atoms with E-state index in [0.29, 0.717) is 13.1 Å². The van der Waals surface area contributed by atoms with Gasteiger partial charge in [-0.05, 0) is 12.8 Å². The maximum atomic E-state index is 10.9. The van der Waals surface area contributed by atoms with Gasteiger partial charge in [0.05, 0.1) is 12.0 Å². The van der Waals surface area contributed by atoms with Crippen LogP contribution >= 0.6 is 0 Å². The topological polar surface area (TPSA) is 83.5 Å². The van der Waals surface area contributed by atoms with Gasteiger partial charge >= 0.3 is 0 Å². The van der Waals surface area contributed by atoms with Crippen LogP contribution in [0, 0.1) is 0 Å². The van der Waals surface area contributed by atoms with Crippen LogP contribution in [0.25, 0.3) is 0 Å². The van der Waals surface area contributed by atoms with Crippen molar-refractivity contribution < 1.29 is 19.8 Å². The molecule has 0 saturated carbocycles. The highest BCUT2D eigenvalue weighted by molar-refractivity contribution is 5.72. The quantitative estimate of drug-likeness (QED) is 0.437. The lowest BCUT2D eigenvalue weighted by Gasteiger charge is -2.30. The second-order valence-electron chi connectivity index (χ2n) is 3.28. The van der Waals surface area contributed by atoms with E-state index < -0.39 is 18.0 Å². The average Bonchev–Trinajstić information content (AvgIpc) is 2.17. The second kappa shape index (κ2) is 7.64. The first-order valence-electron chi connectivity index (χ1n) is 4.89. The molecule has 0 aromatic heterocycles. The van der Waals surface area contributed by atoms with Crippen molar-refractivity contribution in [1.29, 1.82) is 0 Å². The number of aliphatic carboxylic acids is 2. The van der Waals surface area contributed by atoms with Gasteiger partial charge in [-0.25, -0.2) is 0 Å². The smallest absolute Gasteiger partial charge is 0.0586 e. The summed E-state index contributed by atoms with van der Waals surface area (Å²) in [5.74, 6) is -2.58. The fourth-order valence-electron chi connectivity index (χ4n) is 1.36. The first kappa shape index (κ1) is 14.4. The second-order valence-corrected chi connectivity index (χ2v) is 3.28. The van der Waals surface area contributed by atoms with Gasteiger partial charge in [-0.3, -0.25) is 4.90 Å². The lowest BCUT2D eigenvalue weighted by molar-refractivity contribution is -0.313. The summed E-state index contributed by atoms with van der Waals surface area (Å²) in [5, 5.41) is 21.1. The van der Waals surface area contributed by atoms with Gasteiger partial charge in [0.15, 0.2) is 0 Å². The zero-order valence-corrected chi connectivity index (χ0v) is 9.05. The van der Waals surface area contributed by atoms with E-state index in [1.165, 1.54) is 4.90 Å². The van der Waals surface area contributed by atoms with Crippen LogP contribution in [0.15, 0.2) is 25.3 Å². The maximum Gasteiger partial charge on any atom is 0.0586 e. The van der Waals surface area contributed by atoms with Crippen molar-refractivity contribution in [2.75, 3.05) is 13.1 Å². The third kappa shape index (κ3) is 5.31. The Kier molecular flexibility index (Phi) is 6.87. The minimum Gasteiger partial charge on any atom is -0.550 e. The summed E-state index contributed by atoms with van der Waals surface area (Å²) in [6, 6.07) is -0.964. The molecule has 0 aromatic rings. The fourth-order valence-corrected chi connectivity index (χ4v) is 1.36. The number of carboxylic acid groups (broad SMARTS) is 2. The zero-order chi connectivity index (χ0) is 12.6. The number of nitrogens with zero attached hydrogens (tertiary/aromatic N) is 1. The van der Waals surface area contributed by atoms with Crippen molar-refractivity contribution >= 4 is 11.9 Å². The summed E-state index contributed by atoms with van der Waals surface area (Å²) >= 11 is 0. The van der Waals surface area contributed by atoms with Gasteiger partial charge in [-0.2, -0.15) is 0 Å². The van der Waals surface area contributed by atoms with Crippen LogP contribution in [0.3, 0.4) is 0 Å². The van der Waals surface area contributed by atoms with Gasteiger partial charge in [0, 0.05) is 19.1 Å². The van der Waals surface area contributed by atoms with E-state index in [2.05, 4.69) is 13.2 Å². The Morgan fingerprint density at radius 2 is 1.69 bits per heavy atom. The van der Waals surface area contributed by atoms with E-state index in [1.54, 1.807) is 12.2 Å². The molecule has 0 radical (unpaired) electrons. The number of carboxylic acids is 2. The van der Waals surface area contributed by atoms with E-state index in [0.717, 1.165) is 0 Å². The molecule has 0 saturated heterocycles. The average molecular weight is 225 g/mol. The largest absolute Gasteiger partial charge is 0.550 e. The highest BCUT2D eigenvalue weighted by Gasteiger charge is 2.17. The summed E-state index contributed by atoms with van der Waals surface area (Å²) in [6.45, 7) is 7.67. The standard InChI is InChI=1S/C11H17NO4/c1-3-7-12(8-4-2)9(11(15)16)5-6-10(13)14/h3-4,9H,1-2,5-8H2,(H,13,14)(H,15,16)/p-2. The summed E-state index contributed by atoms with van der Waals surface area (Å²) in [7, 11) is 0. The predicted octanol–water partition coefficient (Wildman–Crippen LogP) is -1.69. The summed E-state index contributed by atoms with van der Waals surface area (Å²) < 4.78 is 0. The van der Waals surface area contributed by atoms with Crippen LogP contribution < -0.4 is 10.2 Å². The highest BCUT2D eigenvalue weighted by Crippen LogP contribution is 2.06. The van der Waals surface area contributed by atoms with Crippen molar-refractivity contribution in [1.82, 2.24) is 4.90 Å². The van der Waals surface area contributed by atoms with E-state index in [9.17, 15) is 19.8 Å². The molecule has 5 heteroatoms. The molecule has 5 nitrogen and oxygen atoms in total. The Morgan fingerprint density at radius 3 is 2.00 bits per heavy atom. The number of hydrogen-bond donors (Lipinski definition) is 0. The highest BCUT2D eigenvalue weighted by atomic mass is 16.4. The number of carbonyl (C=O) groups excluding carboxylic acids is 2. The van der Waals surface area contributed by atoms with Gasteiger partial charge in [0.2, 0.25) is 0 Å². The molecule has 1 atom stereocenters. The Hall–Kier alpha value is -1.62. The molecule has 0 aliphatic heterocycles. The van der Waals surface area contributed by atoms with Crippen LogP contribution in [0.4, 0.5) is 0 Å². The molecule has 1 unspecified atom stereocenters. The molecule has 0 rings (SSSR count). The molecule has 0 fully saturated rings. The Labute approximate surface area is 94.7 Å². The summed E-state index contributed by atoms with van der Waals surface area (Å²) in [4.78, 5) is 22.7. The summed E-state index contributed by atoms with van der Waals surface area (Å²) in [5.41, 5.74) is 0. The molecule has 0 aromatic carbocycles. The lowest BCUT2D eigenvalue weighted by atomic mass is 10.1. The number of carbonyl (C=O) groups is 2. The van der Waals surface area contributed by atoms with Crippen LogP contribution in [0.5, 0.6) is 0 Å². The van der Waals surface area contributed by atoms with Crippen molar-refractivity contribution in [3.63, 3.8) is 0 Å². The van der Waals surface area contributed by atoms with Crippen molar-refractivity contribution in [3.05, 3.63) is 25.3 Å². The predicted molar refractivity (Wildman–Crippen MR) is 55.0 cm³/mol. The monoisotopic (exact) mass is 225 g/mol. The molecule has 90 valence electrons. The third-order valence-corrected chi connectivity index (χ3v) is 2.06. The van der Waals surface area contributed by atoms with Crippen molar-refractivity contribution in [3.8, 4) is 0 Å². The van der Waals surface area contributed by atoms with Crippen LogP contribution in [0.2, 0.25) is 0 Å². The van der Waals surface area contributed by atoms with E-state index in [1.807, 2.05) is 0 Å². The van der Waals surface area contributed by atoms with Gasteiger partial charge < -0.3 is 19.8 Å². The van der Waals surface area contributed by atoms with Crippen LogP contribution in [-0.4, -0.2) is 36.0 Å². The van der Waals surface area contributed by atoms with E-state index in [-0.39, 0.29) is 12.8 Å². The fraction of sp³-hybridized carbons (Fsp3) is 0.455. The van der Waals surface area contributed by atoms with Gasteiger partial charge in [0.25, 0.3) is 0 Å². The molecule has 0 aliphatic rings. The Balaban J connectivity index is 4.55. The van der Waals surface area contributed by atoms with Gasteiger partial charge in [-0.1, -0.05) is 12.2 Å². The zero-order valence-electron chi connectivity index (χ0n) is 9.05. The molecular weight excluding hydrogens is 210 g/mol. The first-order chi connectivity index (χ1) is 7.52.